The number of amides is 1. The standard InChI is InChI=1S/C22H24N6O3/c1-13-8-14(2)28-20(25-13)18(12-24-28)22(29)26-19(21-23-6-7-27(21)3)15-9-16(30-4)11-17(10-15)31-5/h6-12,19H,1-5H3,(H,26,29). The van der Waals surface area contributed by atoms with Gasteiger partial charge in [-0.05, 0) is 37.6 Å². The Bertz CT molecular complexity index is 1240. The van der Waals surface area contributed by atoms with Crippen LogP contribution in [0.5, 0.6) is 11.5 Å². The number of benzene rings is 1. The zero-order valence-corrected chi connectivity index (χ0v) is 18.1. The van der Waals surface area contributed by atoms with Crippen LogP contribution in [0.1, 0.15) is 39.2 Å². The van der Waals surface area contributed by atoms with E-state index < -0.39 is 6.04 Å². The molecule has 4 aromatic rings. The SMILES string of the molecule is COc1cc(OC)cc(C(NC(=O)c2cnn3c(C)cc(C)nc23)c2nccn2C)c1. The summed E-state index contributed by atoms with van der Waals surface area (Å²) in [6, 6.07) is 6.86. The molecule has 0 saturated carbocycles. The van der Waals surface area contributed by atoms with Crippen LogP contribution in [0.25, 0.3) is 5.65 Å². The Hall–Kier alpha value is -3.88. The number of ether oxygens (including phenoxy) is 2. The van der Waals surface area contributed by atoms with Gasteiger partial charge in [-0.3, -0.25) is 4.79 Å². The van der Waals surface area contributed by atoms with Crippen molar-refractivity contribution in [3.05, 3.63) is 71.2 Å². The Kier molecular flexibility index (Phi) is 5.33. The number of rotatable bonds is 6. The summed E-state index contributed by atoms with van der Waals surface area (Å²) in [6.45, 7) is 3.82. The lowest BCUT2D eigenvalue weighted by Gasteiger charge is -2.20. The van der Waals surface area contributed by atoms with Gasteiger partial charge in [0, 0.05) is 36.9 Å². The number of aryl methyl sites for hydroxylation is 3. The summed E-state index contributed by atoms with van der Waals surface area (Å²) in [6.07, 6.45) is 5.05. The van der Waals surface area contributed by atoms with Crippen molar-refractivity contribution in [1.82, 2.24) is 29.5 Å². The van der Waals surface area contributed by atoms with E-state index in [1.165, 1.54) is 6.20 Å². The summed E-state index contributed by atoms with van der Waals surface area (Å²) in [7, 11) is 5.05. The summed E-state index contributed by atoms with van der Waals surface area (Å²) in [4.78, 5) is 22.3. The topological polar surface area (TPSA) is 95.6 Å². The molecule has 160 valence electrons. The molecule has 0 aliphatic carbocycles. The Morgan fingerprint density at radius 3 is 2.42 bits per heavy atom. The van der Waals surface area contributed by atoms with Gasteiger partial charge in [0.1, 0.15) is 28.9 Å². The van der Waals surface area contributed by atoms with E-state index in [0.29, 0.717) is 28.5 Å². The average molecular weight is 420 g/mol. The number of hydrogen-bond acceptors (Lipinski definition) is 6. The number of fused-ring (bicyclic) bond motifs is 1. The molecule has 1 atom stereocenters. The lowest BCUT2D eigenvalue weighted by atomic mass is 10.0. The normalized spacial score (nSPS) is 12.0. The first-order chi connectivity index (χ1) is 14.9. The van der Waals surface area contributed by atoms with E-state index in [1.54, 1.807) is 31.0 Å². The molecular weight excluding hydrogens is 396 g/mol. The zero-order chi connectivity index (χ0) is 22.1. The fraction of sp³-hybridized carbons (Fsp3) is 0.273. The minimum Gasteiger partial charge on any atom is -0.497 e. The molecule has 0 bridgehead atoms. The molecule has 0 aliphatic rings. The molecule has 4 rings (SSSR count). The highest BCUT2D eigenvalue weighted by molar-refractivity contribution is 6.00. The summed E-state index contributed by atoms with van der Waals surface area (Å²) < 4.78 is 14.3. The highest BCUT2D eigenvalue weighted by Crippen LogP contribution is 2.30. The zero-order valence-electron chi connectivity index (χ0n) is 18.1. The first-order valence-electron chi connectivity index (χ1n) is 9.74. The van der Waals surface area contributed by atoms with Crippen molar-refractivity contribution in [3.63, 3.8) is 0 Å². The molecule has 1 N–H and O–H groups in total. The maximum absolute atomic E-state index is 13.3. The van der Waals surface area contributed by atoms with Gasteiger partial charge in [0.25, 0.3) is 5.91 Å². The predicted molar refractivity (Wildman–Crippen MR) is 115 cm³/mol. The fourth-order valence-electron chi connectivity index (χ4n) is 3.59. The molecule has 0 radical (unpaired) electrons. The number of hydrogen-bond donors (Lipinski definition) is 1. The number of carbonyl (C=O) groups excluding carboxylic acids is 1. The molecular formula is C22H24N6O3. The maximum atomic E-state index is 13.3. The van der Waals surface area contributed by atoms with Crippen LogP contribution in [0.15, 0.2) is 42.9 Å². The molecule has 1 unspecified atom stereocenters. The van der Waals surface area contributed by atoms with Gasteiger partial charge in [0.15, 0.2) is 5.65 Å². The second-order valence-electron chi connectivity index (χ2n) is 7.28. The number of methoxy groups -OCH3 is 2. The van der Waals surface area contributed by atoms with Crippen molar-refractivity contribution < 1.29 is 14.3 Å². The lowest BCUT2D eigenvalue weighted by molar-refractivity contribution is 0.0942. The van der Waals surface area contributed by atoms with Crippen molar-refractivity contribution in [3.8, 4) is 11.5 Å². The van der Waals surface area contributed by atoms with Crippen LogP contribution in [0, 0.1) is 13.8 Å². The number of nitrogens with zero attached hydrogens (tertiary/aromatic N) is 5. The molecule has 9 heteroatoms. The van der Waals surface area contributed by atoms with Crippen molar-refractivity contribution >= 4 is 11.6 Å². The Labute approximate surface area is 179 Å². The first-order valence-corrected chi connectivity index (χ1v) is 9.74. The van der Waals surface area contributed by atoms with Gasteiger partial charge in [-0.1, -0.05) is 0 Å². The molecule has 3 heterocycles. The van der Waals surface area contributed by atoms with E-state index in [4.69, 9.17) is 9.47 Å². The van der Waals surface area contributed by atoms with Crippen LogP contribution in [-0.4, -0.2) is 44.3 Å². The van der Waals surface area contributed by atoms with Crippen LogP contribution in [0.3, 0.4) is 0 Å². The monoisotopic (exact) mass is 420 g/mol. The third-order valence-corrected chi connectivity index (χ3v) is 5.12. The lowest BCUT2D eigenvalue weighted by Crippen LogP contribution is -2.31. The minimum absolute atomic E-state index is 0.303. The summed E-state index contributed by atoms with van der Waals surface area (Å²) in [5.41, 5.74) is 3.39. The van der Waals surface area contributed by atoms with Crippen LogP contribution in [0.2, 0.25) is 0 Å². The van der Waals surface area contributed by atoms with E-state index in [-0.39, 0.29) is 5.91 Å². The van der Waals surface area contributed by atoms with Gasteiger partial charge in [0.2, 0.25) is 0 Å². The van der Waals surface area contributed by atoms with Gasteiger partial charge in [-0.2, -0.15) is 5.10 Å². The third kappa shape index (κ3) is 3.81. The number of imidazole rings is 1. The second-order valence-corrected chi connectivity index (χ2v) is 7.28. The van der Waals surface area contributed by atoms with E-state index in [9.17, 15) is 4.79 Å². The molecule has 0 saturated heterocycles. The summed E-state index contributed by atoms with van der Waals surface area (Å²) >= 11 is 0. The highest BCUT2D eigenvalue weighted by atomic mass is 16.5. The second kappa shape index (κ2) is 8.10. The maximum Gasteiger partial charge on any atom is 0.257 e. The third-order valence-electron chi connectivity index (χ3n) is 5.12. The van der Waals surface area contributed by atoms with Gasteiger partial charge in [-0.25, -0.2) is 14.5 Å². The van der Waals surface area contributed by atoms with Crippen molar-refractivity contribution in [2.24, 2.45) is 7.05 Å². The molecule has 0 spiro atoms. The number of nitrogens with one attached hydrogen (secondary N) is 1. The van der Waals surface area contributed by atoms with E-state index in [0.717, 1.165) is 17.0 Å². The molecule has 1 aromatic carbocycles. The molecule has 3 aromatic heterocycles. The Morgan fingerprint density at radius 2 is 1.81 bits per heavy atom. The van der Waals surface area contributed by atoms with Gasteiger partial charge in [-0.15, -0.1) is 0 Å². The molecule has 1 amide bonds. The van der Waals surface area contributed by atoms with E-state index in [2.05, 4.69) is 20.4 Å². The van der Waals surface area contributed by atoms with Crippen LogP contribution >= 0.6 is 0 Å². The van der Waals surface area contributed by atoms with Gasteiger partial charge in [0.05, 0.1) is 20.4 Å². The molecule has 9 nitrogen and oxygen atoms in total. The predicted octanol–water partition coefficient (Wildman–Crippen LogP) is 2.62. The Morgan fingerprint density at radius 1 is 1.10 bits per heavy atom. The average Bonchev–Trinajstić information content (AvgIpc) is 3.37. The van der Waals surface area contributed by atoms with Crippen LogP contribution < -0.4 is 14.8 Å². The molecule has 31 heavy (non-hydrogen) atoms. The van der Waals surface area contributed by atoms with Crippen molar-refractivity contribution in [2.75, 3.05) is 14.2 Å². The smallest absolute Gasteiger partial charge is 0.257 e. The van der Waals surface area contributed by atoms with Crippen LogP contribution in [-0.2, 0) is 7.05 Å². The molecule has 0 aliphatic heterocycles. The molecule has 0 fully saturated rings. The first kappa shape index (κ1) is 20.4. The number of aromatic nitrogens is 5. The van der Waals surface area contributed by atoms with Gasteiger partial charge < -0.3 is 19.4 Å². The van der Waals surface area contributed by atoms with Crippen molar-refractivity contribution in [2.45, 2.75) is 19.9 Å². The number of carbonyl (C=O) groups is 1. The van der Waals surface area contributed by atoms with Crippen LogP contribution in [0.4, 0.5) is 0 Å². The van der Waals surface area contributed by atoms with Gasteiger partial charge >= 0.3 is 0 Å². The highest BCUT2D eigenvalue weighted by Gasteiger charge is 2.25. The van der Waals surface area contributed by atoms with E-state index in [1.807, 2.05) is 49.9 Å². The summed E-state index contributed by atoms with van der Waals surface area (Å²) in [5, 5.41) is 7.41. The quantitative estimate of drug-likeness (QED) is 0.515. The van der Waals surface area contributed by atoms with Crippen molar-refractivity contribution in [1.29, 1.82) is 0 Å². The fourth-order valence-corrected chi connectivity index (χ4v) is 3.59. The summed E-state index contributed by atoms with van der Waals surface area (Å²) in [5.74, 6) is 1.60. The largest absolute Gasteiger partial charge is 0.497 e. The minimum atomic E-state index is -0.544. The van der Waals surface area contributed by atoms with E-state index >= 15 is 0 Å². The Balaban J connectivity index is 1.78.